The lowest BCUT2D eigenvalue weighted by Crippen LogP contribution is -2.44. The molecule has 5 heteroatoms. The number of hydrogen-bond acceptors (Lipinski definition) is 3. The van der Waals surface area contributed by atoms with E-state index in [-0.39, 0.29) is 0 Å². The Morgan fingerprint density at radius 1 is 1.56 bits per heavy atom. The summed E-state index contributed by atoms with van der Waals surface area (Å²) < 4.78 is 0. The number of aliphatic imine (C=N–C) groups is 1. The number of rotatable bonds is 4. The van der Waals surface area contributed by atoms with E-state index in [9.17, 15) is 5.11 Å². The largest absolute Gasteiger partial charge is 0.383 e. The Balaban J connectivity index is 2.54. The molecule has 0 radical (unpaired) electrons. The molecule has 90 valence electrons. The molecule has 0 amide bonds. The Morgan fingerprint density at radius 2 is 2.31 bits per heavy atom. The average molecular weight is 241 g/mol. The van der Waals surface area contributed by atoms with E-state index in [1.165, 1.54) is 0 Å². The minimum absolute atomic E-state index is 0.438. The van der Waals surface area contributed by atoms with Gasteiger partial charge >= 0.3 is 0 Å². The lowest BCUT2D eigenvalue weighted by molar-refractivity contribution is 0.0655. The molecule has 1 atom stereocenters. The molecule has 4 nitrogen and oxygen atoms in total. The summed E-state index contributed by atoms with van der Waals surface area (Å²) in [5.74, 6) is 0.708. The maximum absolute atomic E-state index is 10.3. The highest BCUT2D eigenvalue weighted by Crippen LogP contribution is 2.24. The predicted molar refractivity (Wildman–Crippen MR) is 68.9 cm³/mol. The summed E-state index contributed by atoms with van der Waals surface area (Å²) in [6.45, 7) is 5.04. The van der Waals surface area contributed by atoms with Gasteiger partial charge in [0.1, 0.15) is 5.60 Å². The van der Waals surface area contributed by atoms with Crippen molar-refractivity contribution in [3.8, 4) is 0 Å². The Kier molecular flexibility index (Phi) is 4.76. The number of hydrogen-bond donors (Lipinski definition) is 3. The van der Waals surface area contributed by atoms with Gasteiger partial charge in [-0.3, -0.25) is 4.99 Å². The summed E-state index contributed by atoms with van der Waals surface area (Å²) in [6, 6.07) is 3.87. The van der Waals surface area contributed by atoms with Crippen LogP contribution in [-0.4, -0.2) is 31.2 Å². The first-order valence-electron chi connectivity index (χ1n) is 5.31. The lowest BCUT2D eigenvalue weighted by atomic mass is 10.1. The van der Waals surface area contributed by atoms with Gasteiger partial charge in [-0.15, -0.1) is 11.3 Å². The van der Waals surface area contributed by atoms with E-state index in [0.717, 1.165) is 11.4 Å². The molecule has 1 aromatic rings. The van der Waals surface area contributed by atoms with Gasteiger partial charge in [0.15, 0.2) is 5.96 Å². The molecule has 3 N–H and O–H groups in total. The van der Waals surface area contributed by atoms with Crippen molar-refractivity contribution in [1.82, 2.24) is 10.6 Å². The van der Waals surface area contributed by atoms with Gasteiger partial charge in [0.25, 0.3) is 0 Å². The zero-order valence-electron chi connectivity index (χ0n) is 9.95. The first-order valence-corrected chi connectivity index (χ1v) is 6.19. The molecule has 1 heterocycles. The van der Waals surface area contributed by atoms with Crippen molar-refractivity contribution in [3.63, 3.8) is 0 Å². The molecule has 1 unspecified atom stereocenters. The second kappa shape index (κ2) is 5.86. The molecule has 0 fully saturated rings. The van der Waals surface area contributed by atoms with Crippen LogP contribution in [0.4, 0.5) is 0 Å². The molecule has 0 spiro atoms. The van der Waals surface area contributed by atoms with Gasteiger partial charge in [-0.25, -0.2) is 0 Å². The molecule has 0 aliphatic heterocycles. The first kappa shape index (κ1) is 13.0. The van der Waals surface area contributed by atoms with E-state index in [2.05, 4.69) is 15.6 Å². The molecule has 0 bridgehead atoms. The van der Waals surface area contributed by atoms with E-state index in [0.29, 0.717) is 12.5 Å². The third-order valence-corrected chi connectivity index (χ3v) is 3.34. The fourth-order valence-corrected chi connectivity index (χ4v) is 2.10. The van der Waals surface area contributed by atoms with Crippen LogP contribution in [0.15, 0.2) is 22.5 Å². The Bertz CT molecular complexity index is 333. The maximum atomic E-state index is 10.3. The van der Waals surface area contributed by atoms with Crippen LogP contribution in [0.5, 0.6) is 0 Å². The van der Waals surface area contributed by atoms with Crippen molar-refractivity contribution in [3.05, 3.63) is 22.4 Å². The van der Waals surface area contributed by atoms with E-state index in [1.54, 1.807) is 25.3 Å². The summed E-state index contributed by atoms with van der Waals surface area (Å²) in [7, 11) is 1.71. The molecule has 16 heavy (non-hydrogen) atoms. The molecule has 1 aromatic heterocycles. The van der Waals surface area contributed by atoms with Gasteiger partial charge in [0.2, 0.25) is 0 Å². The summed E-state index contributed by atoms with van der Waals surface area (Å²) in [5.41, 5.74) is -0.862. The average Bonchev–Trinajstić information content (AvgIpc) is 2.78. The van der Waals surface area contributed by atoms with Crippen molar-refractivity contribution >= 4 is 17.3 Å². The third kappa shape index (κ3) is 3.50. The van der Waals surface area contributed by atoms with Crippen LogP contribution in [0, 0.1) is 0 Å². The zero-order chi connectivity index (χ0) is 12.0. The molecule has 0 aromatic carbocycles. The van der Waals surface area contributed by atoms with Gasteiger partial charge in [-0.05, 0) is 25.3 Å². The molecule has 1 rings (SSSR count). The van der Waals surface area contributed by atoms with Gasteiger partial charge < -0.3 is 15.7 Å². The fourth-order valence-electron chi connectivity index (χ4n) is 1.32. The fraction of sp³-hybridized carbons (Fsp3) is 0.545. The van der Waals surface area contributed by atoms with Gasteiger partial charge in [-0.1, -0.05) is 6.07 Å². The van der Waals surface area contributed by atoms with Crippen molar-refractivity contribution < 1.29 is 5.11 Å². The van der Waals surface area contributed by atoms with Gasteiger partial charge in [-0.2, -0.15) is 0 Å². The number of nitrogens with zero attached hydrogens (tertiary/aromatic N) is 1. The lowest BCUT2D eigenvalue weighted by Gasteiger charge is -2.23. The second-order valence-electron chi connectivity index (χ2n) is 3.71. The van der Waals surface area contributed by atoms with Crippen LogP contribution in [0.2, 0.25) is 0 Å². The number of aliphatic hydroxyl groups is 1. The third-order valence-electron chi connectivity index (χ3n) is 2.22. The maximum Gasteiger partial charge on any atom is 0.191 e. The van der Waals surface area contributed by atoms with E-state index in [4.69, 9.17) is 0 Å². The van der Waals surface area contributed by atoms with Crippen molar-refractivity contribution in [1.29, 1.82) is 0 Å². The normalized spacial score (nSPS) is 15.6. The highest BCUT2D eigenvalue weighted by molar-refractivity contribution is 7.10. The minimum Gasteiger partial charge on any atom is -0.383 e. The Morgan fingerprint density at radius 3 is 2.81 bits per heavy atom. The van der Waals surface area contributed by atoms with E-state index < -0.39 is 5.60 Å². The van der Waals surface area contributed by atoms with E-state index >= 15 is 0 Å². The number of nitrogens with one attached hydrogen (secondary N) is 2. The molecular weight excluding hydrogens is 222 g/mol. The van der Waals surface area contributed by atoms with Crippen LogP contribution in [0.3, 0.4) is 0 Å². The van der Waals surface area contributed by atoms with E-state index in [1.807, 2.05) is 24.4 Å². The molecule has 0 aliphatic rings. The van der Waals surface area contributed by atoms with Crippen molar-refractivity contribution in [2.45, 2.75) is 19.4 Å². The number of thiophene rings is 1. The Hall–Kier alpha value is -1.07. The van der Waals surface area contributed by atoms with Gasteiger partial charge in [0, 0.05) is 18.5 Å². The zero-order valence-corrected chi connectivity index (χ0v) is 10.8. The minimum atomic E-state index is -0.862. The number of guanidine groups is 1. The standard InChI is InChI=1S/C11H19N3OS/c1-4-13-10(12-3)14-8-11(2,15)9-6-5-7-16-9/h5-7,15H,4,8H2,1-3H3,(H2,12,13,14). The molecule has 0 aliphatic carbocycles. The highest BCUT2D eigenvalue weighted by Gasteiger charge is 2.24. The highest BCUT2D eigenvalue weighted by atomic mass is 32.1. The van der Waals surface area contributed by atoms with Crippen LogP contribution in [-0.2, 0) is 5.60 Å². The second-order valence-corrected chi connectivity index (χ2v) is 4.65. The van der Waals surface area contributed by atoms with Crippen molar-refractivity contribution in [2.24, 2.45) is 4.99 Å². The quantitative estimate of drug-likeness (QED) is 0.547. The van der Waals surface area contributed by atoms with Crippen LogP contribution >= 0.6 is 11.3 Å². The topological polar surface area (TPSA) is 56.7 Å². The SMILES string of the molecule is CCNC(=NC)NCC(C)(O)c1cccs1. The molecular formula is C11H19N3OS. The molecule has 0 saturated carbocycles. The van der Waals surface area contributed by atoms with Crippen molar-refractivity contribution in [2.75, 3.05) is 20.1 Å². The first-order chi connectivity index (χ1) is 7.60. The molecule has 0 saturated heterocycles. The summed E-state index contributed by atoms with van der Waals surface area (Å²) >= 11 is 1.55. The smallest absolute Gasteiger partial charge is 0.191 e. The van der Waals surface area contributed by atoms with Crippen LogP contribution in [0.25, 0.3) is 0 Å². The Labute approximate surface area is 100 Å². The predicted octanol–water partition coefficient (Wildman–Crippen LogP) is 1.14. The van der Waals surface area contributed by atoms with Crippen LogP contribution in [0.1, 0.15) is 18.7 Å². The monoisotopic (exact) mass is 241 g/mol. The summed E-state index contributed by atoms with van der Waals surface area (Å²) in [5, 5.41) is 18.4. The van der Waals surface area contributed by atoms with Crippen LogP contribution < -0.4 is 10.6 Å². The summed E-state index contributed by atoms with van der Waals surface area (Å²) in [4.78, 5) is 5.00. The van der Waals surface area contributed by atoms with Gasteiger partial charge in [0.05, 0.1) is 6.54 Å². The summed E-state index contributed by atoms with van der Waals surface area (Å²) in [6.07, 6.45) is 0.